The molecule has 20 heavy (non-hydrogen) atoms. The molecule has 0 saturated heterocycles. The van der Waals surface area contributed by atoms with Crippen LogP contribution in [0.3, 0.4) is 0 Å². The quantitative estimate of drug-likeness (QED) is 0.671. The van der Waals surface area contributed by atoms with Crippen LogP contribution in [0.15, 0.2) is 28.7 Å². The Balaban J connectivity index is 3.02. The SMILES string of the molecule is CC(C)(C)OC(=O)C(CC(=O)ON)c1cccc(Br)c1. The lowest BCUT2D eigenvalue weighted by molar-refractivity contribution is -0.160. The highest BCUT2D eigenvalue weighted by atomic mass is 79.9. The number of esters is 1. The van der Waals surface area contributed by atoms with E-state index in [9.17, 15) is 9.59 Å². The van der Waals surface area contributed by atoms with E-state index >= 15 is 0 Å². The van der Waals surface area contributed by atoms with E-state index in [1.54, 1.807) is 39.0 Å². The predicted molar refractivity (Wildman–Crippen MR) is 77.6 cm³/mol. The minimum atomic E-state index is -0.747. The van der Waals surface area contributed by atoms with E-state index in [1.807, 2.05) is 6.07 Å². The van der Waals surface area contributed by atoms with E-state index in [0.29, 0.717) is 5.56 Å². The number of hydrogen-bond acceptors (Lipinski definition) is 5. The second-order valence-corrected chi connectivity index (χ2v) is 6.25. The molecule has 1 rings (SSSR count). The monoisotopic (exact) mass is 343 g/mol. The van der Waals surface area contributed by atoms with Gasteiger partial charge in [0.25, 0.3) is 0 Å². The first kappa shape index (κ1) is 16.7. The molecule has 110 valence electrons. The van der Waals surface area contributed by atoms with Gasteiger partial charge in [-0.1, -0.05) is 28.1 Å². The van der Waals surface area contributed by atoms with Crippen molar-refractivity contribution in [3.63, 3.8) is 0 Å². The molecule has 0 aliphatic heterocycles. The molecule has 6 heteroatoms. The van der Waals surface area contributed by atoms with Gasteiger partial charge < -0.3 is 9.57 Å². The fourth-order valence-electron chi connectivity index (χ4n) is 1.65. The third kappa shape index (κ3) is 5.30. The van der Waals surface area contributed by atoms with Crippen LogP contribution >= 0.6 is 15.9 Å². The van der Waals surface area contributed by atoms with Crippen molar-refractivity contribution in [2.24, 2.45) is 5.90 Å². The number of halogens is 1. The summed E-state index contributed by atoms with van der Waals surface area (Å²) in [5.74, 6) is 2.95. The summed E-state index contributed by atoms with van der Waals surface area (Å²) in [6.45, 7) is 5.30. The van der Waals surface area contributed by atoms with Crippen LogP contribution in [0.4, 0.5) is 0 Å². The minimum absolute atomic E-state index is 0.165. The molecule has 2 N–H and O–H groups in total. The molecule has 0 amide bonds. The molecular weight excluding hydrogens is 326 g/mol. The zero-order valence-corrected chi connectivity index (χ0v) is 13.3. The van der Waals surface area contributed by atoms with Crippen LogP contribution in [0, 0.1) is 0 Å². The van der Waals surface area contributed by atoms with Crippen LogP contribution in [0.5, 0.6) is 0 Å². The van der Waals surface area contributed by atoms with Crippen molar-refractivity contribution >= 4 is 27.9 Å². The van der Waals surface area contributed by atoms with Crippen molar-refractivity contribution in [2.75, 3.05) is 0 Å². The molecule has 5 nitrogen and oxygen atoms in total. The predicted octanol–water partition coefficient (Wildman–Crippen LogP) is 2.68. The first-order chi connectivity index (χ1) is 9.23. The smallest absolute Gasteiger partial charge is 0.325 e. The summed E-state index contributed by atoms with van der Waals surface area (Å²) in [5.41, 5.74) is 0.0348. The maximum absolute atomic E-state index is 12.2. The zero-order chi connectivity index (χ0) is 15.3. The summed E-state index contributed by atoms with van der Waals surface area (Å²) >= 11 is 3.33. The highest BCUT2D eigenvalue weighted by molar-refractivity contribution is 9.10. The van der Waals surface area contributed by atoms with Crippen LogP contribution in [-0.4, -0.2) is 17.5 Å². The average molecular weight is 344 g/mol. The second kappa shape index (κ2) is 6.85. The summed E-state index contributed by atoms with van der Waals surface area (Å²) in [7, 11) is 0. The molecule has 0 bridgehead atoms. The molecule has 1 unspecified atom stereocenters. The standard InChI is InChI=1S/C14H18BrNO4/c1-14(2,3)19-13(18)11(8-12(17)20-16)9-5-4-6-10(15)7-9/h4-7,11H,8,16H2,1-3H3. The van der Waals surface area contributed by atoms with E-state index < -0.39 is 23.5 Å². The van der Waals surface area contributed by atoms with Gasteiger partial charge in [-0.3, -0.25) is 9.59 Å². The van der Waals surface area contributed by atoms with Gasteiger partial charge in [-0.2, -0.15) is 5.90 Å². The minimum Gasteiger partial charge on any atom is -0.459 e. The highest BCUT2D eigenvalue weighted by Gasteiger charge is 2.29. The Morgan fingerprint density at radius 2 is 2.00 bits per heavy atom. The van der Waals surface area contributed by atoms with E-state index in [2.05, 4.69) is 20.8 Å². The van der Waals surface area contributed by atoms with Gasteiger partial charge in [-0.25, -0.2) is 0 Å². The Morgan fingerprint density at radius 3 is 2.50 bits per heavy atom. The first-order valence-electron chi connectivity index (χ1n) is 6.11. The van der Waals surface area contributed by atoms with Crippen molar-refractivity contribution < 1.29 is 19.2 Å². The van der Waals surface area contributed by atoms with Crippen LogP contribution in [0.25, 0.3) is 0 Å². The van der Waals surface area contributed by atoms with Crippen molar-refractivity contribution in [3.8, 4) is 0 Å². The lowest BCUT2D eigenvalue weighted by Gasteiger charge is -2.23. The van der Waals surface area contributed by atoms with E-state index in [1.165, 1.54) is 0 Å². The maximum atomic E-state index is 12.2. The van der Waals surface area contributed by atoms with Gasteiger partial charge in [0.1, 0.15) is 5.60 Å². The van der Waals surface area contributed by atoms with Gasteiger partial charge >= 0.3 is 11.9 Å². The molecule has 0 spiro atoms. The third-order valence-electron chi connectivity index (χ3n) is 2.44. The fraction of sp³-hybridized carbons (Fsp3) is 0.429. The number of ether oxygens (including phenoxy) is 1. The maximum Gasteiger partial charge on any atom is 0.325 e. The number of hydrogen-bond donors (Lipinski definition) is 1. The molecule has 1 aromatic carbocycles. The number of carbonyl (C=O) groups is 2. The largest absolute Gasteiger partial charge is 0.459 e. The highest BCUT2D eigenvalue weighted by Crippen LogP contribution is 2.26. The molecule has 1 atom stereocenters. The number of benzene rings is 1. The zero-order valence-electron chi connectivity index (χ0n) is 11.7. The summed E-state index contributed by atoms with van der Waals surface area (Å²) < 4.78 is 6.15. The lowest BCUT2D eigenvalue weighted by Crippen LogP contribution is -2.29. The molecule has 0 heterocycles. The van der Waals surface area contributed by atoms with Gasteiger partial charge in [0.05, 0.1) is 12.3 Å². The Bertz CT molecular complexity index is 496. The van der Waals surface area contributed by atoms with E-state index in [4.69, 9.17) is 10.6 Å². The molecule has 0 fully saturated rings. The number of rotatable bonds is 4. The topological polar surface area (TPSA) is 78.6 Å². The molecular formula is C14H18BrNO4. The second-order valence-electron chi connectivity index (χ2n) is 5.34. The fourth-order valence-corrected chi connectivity index (χ4v) is 2.07. The summed E-state index contributed by atoms with van der Waals surface area (Å²) in [4.78, 5) is 27.8. The van der Waals surface area contributed by atoms with Gasteiger partial charge in [0, 0.05) is 4.47 Å². The van der Waals surface area contributed by atoms with Crippen LogP contribution in [0.2, 0.25) is 0 Å². The normalized spacial score (nSPS) is 12.7. The van der Waals surface area contributed by atoms with Crippen molar-refractivity contribution in [1.82, 2.24) is 0 Å². The number of nitrogens with two attached hydrogens (primary N) is 1. The van der Waals surface area contributed by atoms with Crippen molar-refractivity contribution in [1.29, 1.82) is 0 Å². The Kier molecular flexibility index (Phi) is 5.71. The van der Waals surface area contributed by atoms with Gasteiger partial charge in [-0.15, -0.1) is 0 Å². The molecule has 0 aromatic heterocycles. The summed E-state index contributed by atoms with van der Waals surface area (Å²) in [6.07, 6.45) is -0.165. The Labute approximate surface area is 126 Å². The Hall–Kier alpha value is -1.40. The van der Waals surface area contributed by atoms with E-state index in [-0.39, 0.29) is 6.42 Å². The molecule has 0 radical (unpaired) electrons. The molecule has 0 saturated carbocycles. The summed E-state index contributed by atoms with van der Waals surface area (Å²) in [5, 5.41) is 0. The van der Waals surface area contributed by atoms with Crippen LogP contribution < -0.4 is 5.90 Å². The Morgan fingerprint density at radius 1 is 1.35 bits per heavy atom. The number of carbonyl (C=O) groups excluding carboxylic acids is 2. The van der Waals surface area contributed by atoms with Crippen LogP contribution in [0.1, 0.15) is 38.7 Å². The van der Waals surface area contributed by atoms with E-state index in [0.717, 1.165) is 4.47 Å². The first-order valence-corrected chi connectivity index (χ1v) is 6.90. The molecule has 0 aliphatic carbocycles. The third-order valence-corrected chi connectivity index (χ3v) is 2.94. The van der Waals surface area contributed by atoms with Gasteiger partial charge in [0.15, 0.2) is 0 Å². The van der Waals surface area contributed by atoms with Gasteiger partial charge in [-0.05, 0) is 38.5 Å². The summed E-state index contributed by atoms with van der Waals surface area (Å²) in [6, 6.07) is 7.13. The van der Waals surface area contributed by atoms with Gasteiger partial charge in [0.2, 0.25) is 0 Å². The molecule has 0 aliphatic rings. The van der Waals surface area contributed by atoms with Crippen LogP contribution in [-0.2, 0) is 19.2 Å². The van der Waals surface area contributed by atoms with Crippen molar-refractivity contribution in [2.45, 2.75) is 38.7 Å². The molecule has 1 aromatic rings. The van der Waals surface area contributed by atoms with Crippen molar-refractivity contribution in [3.05, 3.63) is 34.3 Å². The average Bonchev–Trinajstić information content (AvgIpc) is 2.33. The lowest BCUT2D eigenvalue weighted by atomic mass is 9.95.